The van der Waals surface area contributed by atoms with Crippen LogP contribution in [-0.2, 0) is 28.6 Å². The first-order chi connectivity index (χ1) is 35.1. The number of ether oxygens (including phenoxy) is 3. The van der Waals surface area contributed by atoms with Crippen LogP contribution in [0, 0.1) is 5.92 Å². The standard InChI is InChI=1S/C60H110O8/c1-4-7-10-13-16-19-22-25-28-31-34-37-40-43-46-49-58(63)66-53-57(68-59(64)50-47-44-41-38-35-32-29-26-23-20-17-14-11-8-5-2)54-67-60(65)55(51-56(62)52-61)48-45-42-39-36-33-30-27-24-21-18-15-12-9-6-3/h25-30,55-57,61-62H,4-24,31-54H2,1-3H3/b28-25-,29-26-,30-27-/i51D2,52D2,56D. The number of esters is 3. The number of aliphatic hydroxyl groups is 2. The van der Waals surface area contributed by atoms with Gasteiger partial charge in [-0.15, -0.1) is 0 Å². The summed E-state index contributed by atoms with van der Waals surface area (Å²) in [5.74, 6) is -4.06. The van der Waals surface area contributed by atoms with Crippen LogP contribution in [0.4, 0.5) is 0 Å². The lowest BCUT2D eigenvalue weighted by Gasteiger charge is -2.21. The van der Waals surface area contributed by atoms with Crippen molar-refractivity contribution in [3.63, 3.8) is 0 Å². The first kappa shape index (κ1) is 56.5. The molecule has 3 unspecified atom stereocenters. The molecule has 0 radical (unpaired) electrons. The summed E-state index contributed by atoms with van der Waals surface area (Å²) in [5.41, 5.74) is 0. The van der Waals surface area contributed by atoms with Gasteiger partial charge in [0, 0.05) is 15.6 Å². The third-order valence-electron chi connectivity index (χ3n) is 12.6. The van der Waals surface area contributed by atoms with Crippen LogP contribution in [0.3, 0.4) is 0 Å². The summed E-state index contributed by atoms with van der Waals surface area (Å²) in [7, 11) is 0. The van der Waals surface area contributed by atoms with E-state index in [4.69, 9.17) is 21.1 Å². The van der Waals surface area contributed by atoms with Gasteiger partial charge in [-0.1, -0.05) is 211 Å². The maximum absolute atomic E-state index is 13.7. The molecule has 68 heavy (non-hydrogen) atoms. The molecular weight excluding hydrogens is 849 g/mol. The number of hydrogen-bond acceptors (Lipinski definition) is 8. The van der Waals surface area contributed by atoms with E-state index in [-0.39, 0.29) is 25.9 Å². The second-order valence-electron chi connectivity index (χ2n) is 19.3. The molecule has 0 aliphatic rings. The summed E-state index contributed by atoms with van der Waals surface area (Å²) in [4.78, 5) is 39.7. The summed E-state index contributed by atoms with van der Waals surface area (Å²) in [6.45, 7) is 2.00. The van der Waals surface area contributed by atoms with Crippen molar-refractivity contribution in [1.82, 2.24) is 0 Å². The Balaban J connectivity index is 5.33. The highest BCUT2D eigenvalue weighted by molar-refractivity contribution is 5.73. The fourth-order valence-corrected chi connectivity index (χ4v) is 8.26. The summed E-state index contributed by atoms with van der Waals surface area (Å²) in [5, 5.41) is 20.7. The molecule has 0 aromatic heterocycles. The number of carbonyl (C=O) groups is 3. The molecule has 0 aliphatic heterocycles. The van der Waals surface area contributed by atoms with Crippen molar-refractivity contribution in [1.29, 1.82) is 0 Å². The van der Waals surface area contributed by atoms with Gasteiger partial charge in [0.25, 0.3) is 0 Å². The number of unbranched alkanes of at least 4 members (excludes halogenated alkanes) is 32. The number of allylic oxidation sites excluding steroid dienone is 6. The summed E-state index contributed by atoms with van der Waals surface area (Å²) >= 11 is 0. The molecule has 0 saturated heterocycles. The SMILES string of the molecule is [2H]C([2H])(O)C([2H])(O)C([2H])([2H])C(CCCCCC/C=C\CCCCCCCC)C(=O)OCC(COC(=O)CCCCCCC/C=C\CCCCCCCC)OC(=O)CCCCCCC/C=C\CCCCCCCC. The molecule has 0 aliphatic carbocycles. The fraction of sp³-hybridized carbons (Fsp3) is 0.850. The van der Waals surface area contributed by atoms with Crippen LogP contribution < -0.4 is 0 Å². The van der Waals surface area contributed by atoms with E-state index in [0.29, 0.717) is 25.7 Å². The molecule has 0 bridgehead atoms. The molecule has 0 spiro atoms. The second kappa shape index (κ2) is 53.9. The quantitative estimate of drug-likeness (QED) is 0.0268. The Morgan fingerprint density at radius 3 is 1.16 bits per heavy atom. The van der Waals surface area contributed by atoms with Gasteiger partial charge in [-0.2, -0.15) is 0 Å². The second-order valence-corrected chi connectivity index (χ2v) is 19.3. The van der Waals surface area contributed by atoms with Gasteiger partial charge in [-0.05, 0) is 103 Å². The third-order valence-corrected chi connectivity index (χ3v) is 12.6. The minimum atomic E-state index is -3.72. The molecule has 2 N–H and O–H groups in total. The lowest BCUT2D eigenvalue weighted by molar-refractivity contribution is -0.169. The Kier molecular flexibility index (Phi) is 44.8. The smallest absolute Gasteiger partial charge is 0.309 e. The topological polar surface area (TPSA) is 119 Å². The predicted molar refractivity (Wildman–Crippen MR) is 287 cm³/mol. The normalized spacial score (nSPS) is 15.2. The number of rotatable bonds is 53. The maximum Gasteiger partial charge on any atom is 0.309 e. The Morgan fingerprint density at radius 1 is 0.456 bits per heavy atom. The molecule has 3 atom stereocenters. The van der Waals surface area contributed by atoms with Gasteiger partial charge in [-0.3, -0.25) is 14.4 Å². The van der Waals surface area contributed by atoms with Gasteiger partial charge in [-0.25, -0.2) is 0 Å². The number of carbonyl (C=O) groups excluding carboxylic acids is 3. The van der Waals surface area contributed by atoms with Crippen LogP contribution in [0.2, 0.25) is 0 Å². The largest absolute Gasteiger partial charge is 0.462 e. The van der Waals surface area contributed by atoms with Crippen molar-refractivity contribution >= 4 is 17.9 Å². The summed E-state index contributed by atoms with van der Waals surface area (Å²) < 4.78 is 57.4. The molecule has 0 rings (SSSR count). The van der Waals surface area contributed by atoms with Crippen LogP contribution in [-0.4, -0.2) is 60.1 Å². The third kappa shape index (κ3) is 48.6. The molecule has 0 fully saturated rings. The van der Waals surface area contributed by atoms with E-state index in [2.05, 4.69) is 57.2 Å². The van der Waals surface area contributed by atoms with Crippen LogP contribution in [0.15, 0.2) is 36.5 Å². The minimum Gasteiger partial charge on any atom is -0.462 e. The fourth-order valence-electron chi connectivity index (χ4n) is 8.26. The highest BCUT2D eigenvalue weighted by Crippen LogP contribution is 2.20. The molecule has 0 aromatic carbocycles. The average Bonchev–Trinajstić information content (AvgIpc) is 3.35. The minimum absolute atomic E-state index is 0.114. The number of hydrogen-bond donors (Lipinski definition) is 2. The Hall–Kier alpha value is -2.45. The van der Waals surface area contributed by atoms with Crippen LogP contribution in [0.25, 0.3) is 0 Å². The molecule has 0 aromatic rings. The zero-order valence-electron chi connectivity index (χ0n) is 49.4. The van der Waals surface area contributed by atoms with Crippen molar-refractivity contribution in [2.24, 2.45) is 5.92 Å². The lowest BCUT2D eigenvalue weighted by Crippen LogP contribution is -2.33. The molecule has 0 saturated carbocycles. The lowest BCUT2D eigenvalue weighted by atomic mass is 9.94. The molecular formula is C60H110O8. The summed E-state index contributed by atoms with van der Waals surface area (Å²) in [6.07, 6.45) is 46.7. The van der Waals surface area contributed by atoms with Gasteiger partial charge < -0.3 is 24.4 Å². The Labute approximate surface area is 427 Å². The van der Waals surface area contributed by atoms with Crippen LogP contribution >= 0.6 is 0 Å². The summed E-state index contributed by atoms with van der Waals surface area (Å²) in [6, 6.07) is 0. The molecule has 0 heterocycles. The van der Waals surface area contributed by atoms with Gasteiger partial charge in [0.2, 0.25) is 0 Å². The van der Waals surface area contributed by atoms with Gasteiger partial charge in [0.05, 0.1) is 22.7 Å². The Bertz CT molecular complexity index is 1400. The Morgan fingerprint density at radius 2 is 0.779 bits per heavy atom. The van der Waals surface area contributed by atoms with E-state index >= 15 is 0 Å². The van der Waals surface area contributed by atoms with Gasteiger partial charge in [0.15, 0.2) is 6.10 Å². The van der Waals surface area contributed by atoms with Crippen molar-refractivity contribution < 1.29 is 45.7 Å². The molecule has 398 valence electrons. The molecule has 8 nitrogen and oxygen atoms in total. The van der Waals surface area contributed by atoms with Crippen LogP contribution in [0.5, 0.6) is 0 Å². The average molecular weight is 965 g/mol. The van der Waals surface area contributed by atoms with E-state index in [1.54, 1.807) is 0 Å². The van der Waals surface area contributed by atoms with E-state index in [0.717, 1.165) is 103 Å². The van der Waals surface area contributed by atoms with Crippen molar-refractivity contribution in [2.75, 3.05) is 19.8 Å². The molecule has 0 amide bonds. The van der Waals surface area contributed by atoms with E-state index in [9.17, 15) is 24.6 Å². The zero-order valence-corrected chi connectivity index (χ0v) is 44.4. The molecule has 8 heteroatoms. The maximum atomic E-state index is 13.7. The van der Waals surface area contributed by atoms with E-state index < -0.39 is 55.5 Å². The zero-order chi connectivity index (χ0) is 54.2. The highest BCUT2D eigenvalue weighted by atomic mass is 16.6. The first-order valence-electron chi connectivity index (χ1n) is 31.1. The van der Waals surface area contributed by atoms with Crippen LogP contribution in [0.1, 0.15) is 297 Å². The van der Waals surface area contributed by atoms with E-state index in [1.807, 2.05) is 0 Å². The predicted octanol–water partition coefficient (Wildman–Crippen LogP) is 17.1. The van der Waals surface area contributed by atoms with Crippen molar-refractivity contribution in [3.05, 3.63) is 36.5 Å². The van der Waals surface area contributed by atoms with Crippen molar-refractivity contribution in [2.45, 2.75) is 303 Å². The van der Waals surface area contributed by atoms with E-state index in [1.165, 1.54) is 116 Å². The van der Waals surface area contributed by atoms with Crippen molar-refractivity contribution in [3.8, 4) is 0 Å². The first-order valence-corrected chi connectivity index (χ1v) is 28.6. The van der Waals surface area contributed by atoms with Gasteiger partial charge in [0.1, 0.15) is 13.2 Å². The highest BCUT2D eigenvalue weighted by Gasteiger charge is 2.26. The monoisotopic (exact) mass is 964 g/mol. The van der Waals surface area contributed by atoms with Gasteiger partial charge >= 0.3 is 17.9 Å².